The third-order valence-corrected chi connectivity index (χ3v) is 2.76. The molecule has 0 heterocycles. The summed E-state index contributed by atoms with van der Waals surface area (Å²) >= 11 is 0. The van der Waals surface area contributed by atoms with E-state index in [0.29, 0.717) is 17.0 Å². The molecule has 0 unspecified atom stereocenters. The monoisotopic (exact) mass is 286 g/mol. The van der Waals surface area contributed by atoms with Crippen molar-refractivity contribution in [2.75, 3.05) is 12.5 Å². The molecule has 0 fully saturated rings. The summed E-state index contributed by atoms with van der Waals surface area (Å²) in [5.74, 6) is -0.662. The van der Waals surface area contributed by atoms with Gasteiger partial charge in [-0.3, -0.25) is 5.43 Å². The molecule has 108 valence electrons. The summed E-state index contributed by atoms with van der Waals surface area (Å²) in [6.07, 6.45) is 1.42. The number of carboxylic acids is 1. The van der Waals surface area contributed by atoms with Gasteiger partial charge in [-0.05, 0) is 30.3 Å². The van der Waals surface area contributed by atoms with Crippen LogP contribution in [0.4, 0.5) is 5.69 Å². The quantitative estimate of drug-likeness (QED) is 0.580. The van der Waals surface area contributed by atoms with Crippen LogP contribution in [0.1, 0.15) is 15.9 Å². The van der Waals surface area contributed by atoms with Gasteiger partial charge in [0.05, 0.1) is 24.6 Å². The van der Waals surface area contributed by atoms with Crippen molar-refractivity contribution in [1.82, 2.24) is 0 Å². The van der Waals surface area contributed by atoms with Gasteiger partial charge in [-0.25, -0.2) is 4.79 Å². The van der Waals surface area contributed by atoms with Crippen LogP contribution in [0.2, 0.25) is 0 Å². The van der Waals surface area contributed by atoms with Crippen LogP contribution in [0.25, 0.3) is 0 Å². The van der Waals surface area contributed by atoms with Crippen LogP contribution in [0.5, 0.6) is 11.5 Å². The minimum absolute atomic E-state index is 0.00941. The molecule has 6 heteroatoms. The van der Waals surface area contributed by atoms with Crippen LogP contribution < -0.4 is 10.2 Å². The van der Waals surface area contributed by atoms with Gasteiger partial charge in [-0.1, -0.05) is 12.1 Å². The number of aromatic hydroxyl groups is 1. The van der Waals surface area contributed by atoms with E-state index in [1.807, 2.05) is 0 Å². The lowest BCUT2D eigenvalue weighted by Gasteiger charge is -2.05. The maximum absolute atomic E-state index is 10.9. The number of phenolic OH excluding ortho intramolecular Hbond substituents is 1. The van der Waals surface area contributed by atoms with Crippen LogP contribution in [0.3, 0.4) is 0 Å². The fourth-order valence-corrected chi connectivity index (χ4v) is 1.71. The van der Waals surface area contributed by atoms with Crippen molar-refractivity contribution in [2.45, 2.75) is 0 Å². The van der Waals surface area contributed by atoms with E-state index in [-0.39, 0.29) is 11.3 Å². The number of aromatic carboxylic acids is 1. The van der Waals surface area contributed by atoms with Crippen LogP contribution in [-0.4, -0.2) is 29.5 Å². The molecule has 0 aliphatic carbocycles. The number of anilines is 1. The predicted octanol–water partition coefficient (Wildman–Crippen LogP) is 2.55. The number of hydrazone groups is 1. The van der Waals surface area contributed by atoms with Crippen molar-refractivity contribution in [3.63, 3.8) is 0 Å². The number of nitrogens with one attached hydrogen (secondary N) is 1. The molecular weight excluding hydrogens is 272 g/mol. The molecule has 2 aromatic carbocycles. The number of para-hydroxylation sites is 1. The zero-order valence-corrected chi connectivity index (χ0v) is 11.3. The van der Waals surface area contributed by atoms with Crippen molar-refractivity contribution in [2.24, 2.45) is 5.10 Å². The number of hydrogen-bond acceptors (Lipinski definition) is 5. The van der Waals surface area contributed by atoms with E-state index in [2.05, 4.69) is 10.5 Å². The highest BCUT2D eigenvalue weighted by atomic mass is 16.5. The molecule has 0 aliphatic heterocycles. The van der Waals surface area contributed by atoms with Gasteiger partial charge in [0.25, 0.3) is 0 Å². The van der Waals surface area contributed by atoms with Gasteiger partial charge in [0.15, 0.2) is 11.5 Å². The van der Waals surface area contributed by atoms with E-state index in [1.165, 1.54) is 25.5 Å². The lowest BCUT2D eigenvalue weighted by Crippen LogP contribution is -1.98. The predicted molar refractivity (Wildman–Crippen MR) is 79.3 cm³/mol. The van der Waals surface area contributed by atoms with Crippen LogP contribution in [0, 0.1) is 0 Å². The number of phenols is 1. The van der Waals surface area contributed by atoms with Gasteiger partial charge in [-0.2, -0.15) is 5.10 Å². The summed E-state index contributed by atoms with van der Waals surface area (Å²) < 4.78 is 4.99. The molecule has 3 N–H and O–H groups in total. The first-order valence-corrected chi connectivity index (χ1v) is 6.10. The molecule has 2 rings (SSSR count). The molecule has 0 atom stereocenters. The molecule has 0 amide bonds. The minimum Gasteiger partial charge on any atom is -0.504 e. The SMILES string of the molecule is COc1cccc(/C=N\Nc2cccc(C(=O)O)c2)c1O. The van der Waals surface area contributed by atoms with Crippen molar-refractivity contribution >= 4 is 17.9 Å². The second-order valence-electron chi connectivity index (χ2n) is 4.15. The van der Waals surface area contributed by atoms with Gasteiger partial charge in [0.1, 0.15) is 0 Å². The first kappa shape index (κ1) is 14.4. The number of carbonyl (C=O) groups is 1. The average Bonchev–Trinajstić information content (AvgIpc) is 2.49. The van der Waals surface area contributed by atoms with Crippen molar-refractivity contribution in [1.29, 1.82) is 0 Å². The second kappa shape index (κ2) is 6.42. The minimum atomic E-state index is -1.01. The zero-order chi connectivity index (χ0) is 15.2. The van der Waals surface area contributed by atoms with Crippen molar-refractivity contribution < 1.29 is 19.7 Å². The second-order valence-corrected chi connectivity index (χ2v) is 4.15. The highest BCUT2D eigenvalue weighted by molar-refractivity contribution is 5.89. The van der Waals surface area contributed by atoms with Crippen molar-refractivity contribution in [3.05, 3.63) is 53.6 Å². The first-order valence-electron chi connectivity index (χ1n) is 6.10. The van der Waals surface area contributed by atoms with Crippen molar-refractivity contribution in [3.8, 4) is 11.5 Å². The van der Waals surface area contributed by atoms with E-state index < -0.39 is 5.97 Å². The fourth-order valence-electron chi connectivity index (χ4n) is 1.71. The maximum atomic E-state index is 10.9. The number of nitrogens with zero attached hydrogens (tertiary/aromatic N) is 1. The summed E-state index contributed by atoms with van der Waals surface area (Å²) in [7, 11) is 1.46. The smallest absolute Gasteiger partial charge is 0.335 e. The zero-order valence-electron chi connectivity index (χ0n) is 11.3. The largest absolute Gasteiger partial charge is 0.504 e. The summed E-state index contributed by atoms with van der Waals surface area (Å²) in [5, 5.41) is 22.7. The molecule has 0 bridgehead atoms. The average molecular weight is 286 g/mol. The lowest BCUT2D eigenvalue weighted by molar-refractivity contribution is 0.0697. The molecule has 2 aromatic rings. The summed E-state index contributed by atoms with van der Waals surface area (Å²) in [5.41, 5.74) is 3.89. The van der Waals surface area contributed by atoms with Crippen LogP contribution >= 0.6 is 0 Å². The van der Waals surface area contributed by atoms with E-state index in [0.717, 1.165) is 0 Å². The third-order valence-electron chi connectivity index (χ3n) is 2.76. The molecule has 0 saturated carbocycles. The van der Waals surface area contributed by atoms with E-state index >= 15 is 0 Å². The van der Waals surface area contributed by atoms with Gasteiger partial charge in [0.2, 0.25) is 0 Å². The Kier molecular flexibility index (Phi) is 4.40. The first-order chi connectivity index (χ1) is 10.1. The van der Waals surface area contributed by atoms with Crippen LogP contribution in [0.15, 0.2) is 47.6 Å². The number of methoxy groups -OCH3 is 1. The number of rotatable bonds is 5. The lowest BCUT2D eigenvalue weighted by atomic mass is 10.2. The molecular formula is C15H14N2O4. The normalized spacial score (nSPS) is 10.5. The molecule has 0 saturated heterocycles. The number of benzene rings is 2. The van der Waals surface area contributed by atoms with Gasteiger partial charge < -0.3 is 14.9 Å². The summed E-state index contributed by atoms with van der Waals surface area (Å²) in [6.45, 7) is 0. The molecule has 21 heavy (non-hydrogen) atoms. The van der Waals surface area contributed by atoms with Gasteiger partial charge in [0, 0.05) is 5.56 Å². The van der Waals surface area contributed by atoms with E-state index in [9.17, 15) is 9.90 Å². The third kappa shape index (κ3) is 3.50. The number of carboxylic acid groups (broad SMARTS) is 1. The molecule has 0 aromatic heterocycles. The molecule has 0 radical (unpaired) electrons. The van der Waals surface area contributed by atoms with E-state index in [4.69, 9.17) is 9.84 Å². The maximum Gasteiger partial charge on any atom is 0.335 e. The Morgan fingerprint density at radius 2 is 2.05 bits per heavy atom. The highest BCUT2D eigenvalue weighted by Gasteiger charge is 2.05. The number of ether oxygens (including phenoxy) is 1. The summed E-state index contributed by atoms with van der Waals surface area (Å²) in [6, 6.07) is 11.3. The van der Waals surface area contributed by atoms with Gasteiger partial charge in [-0.15, -0.1) is 0 Å². The Labute approximate surface area is 121 Å². The topological polar surface area (TPSA) is 91.2 Å². The Hall–Kier alpha value is -3.02. The molecule has 0 aliphatic rings. The summed E-state index contributed by atoms with van der Waals surface area (Å²) in [4.78, 5) is 10.9. The standard InChI is InChI=1S/C15H14N2O4/c1-21-13-7-3-5-11(14(13)18)9-16-17-12-6-2-4-10(8-12)15(19)20/h2-9,17-18H,1H3,(H,19,20)/b16-9-. The Bertz CT molecular complexity index is 683. The molecule has 6 nitrogen and oxygen atoms in total. The Balaban J connectivity index is 2.13. The Morgan fingerprint density at radius 3 is 2.76 bits per heavy atom. The number of hydrogen-bond donors (Lipinski definition) is 3. The fraction of sp³-hybridized carbons (Fsp3) is 0.0667. The molecule has 0 spiro atoms. The van der Waals surface area contributed by atoms with E-state index in [1.54, 1.807) is 30.3 Å². The van der Waals surface area contributed by atoms with Crippen LogP contribution in [-0.2, 0) is 0 Å². The van der Waals surface area contributed by atoms with Gasteiger partial charge >= 0.3 is 5.97 Å². The highest BCUT2D eigenvalue weighted by Crippen LogP contribution is 2.28. The Morgan fingerprint density at radius 1 is 1.29 bits per heavy atom.